The lowest BCUT2D eigenvalue weighted by molar-refractivity contribution is -0.115. The van der Waals surface area contributed by atoms with Gasteiger partial charge in [0, 0.05) is 11.3 Å². The second-order valence-corrected chi connectivity index (χ2v) is 8.07. The highest BCUT2D eigenvalue weighted by molar-refractivity contribution is 7.18. The van der Waals surface area contributed by atoms with Crippen LogP contribution in [0.1, 0.15) is 16.8 Å². The third kappa shape index (κ3) is 4.44. The van der Waals surface area contributed by atoms with Crippen LogP contribution in [0.25, 0.3) is 21.0 Å². The van der Waals surface area contributed by atoms with Gasteiger partial charge in [-0.2, -0.15) is 0 Å². The monoisotopic (exact) mass is 398 g/mol. The molecule has 0 aliphatic carbocycles. The van der Waals surface area contributed by atoms with E-state index in [2.05, 4.69) is 48.6 Å². The third-order valence-corrected chi connectivity index (χ3v) is 5.97. The quantitative estimate of drug-likeness (QED) is 0.430. The van der Waals surface area contributed by atoms with E-state index in [0.717, 1.165) is 38.0 Å². The summed E-state index contributed by atoms with van der Waals surface area (Å²) >= 11 is 1.63. The summed E-state index contributed by atoms with van der Waals surface area (Å²) in [5.74, 6) is -0.0578. The smallest absolute Gasteiger partial charge is 0.230 e. The van der Waals surface area contributed by atoms with Crippen molar-refractivity contribution in [1.82, 2.24) is 4.98 Å². The van der Waals surface area contributed by atoms with Crippen LogP contribution in [0, 0.1) is 13.8 Å². The van der Waals surface area contributed by atoms with Gasteiger partial charge in [0.05, 0.1) is 17.0 Å². The molecule has 1 heterocycles. The van der Waals surface area contributed by atoms with E-state index in [1.54, 1.807) is 11.3 Å². The summed E-state index contributed by atoms with van der Waals surface area (Å²) in [7, 11) is 0. The Balaban J connectivity index is 1.67. The number of carbonyl (C=O) groups is 1. The number of aromatic nitrogens is 1. The van der Waals surface area contributed by atoms with Crippen LogP contribution >= 0.6 is 11.3 Å². The van der Waals surface area contributed by atoms with E-state index in [9.17, 15) is 4.79 Å². The number of para-hydroxylation sites is 1. The summed E-state index contributed by atoms with van der Waals surface area (Å²) in [6.45, 7) is 4.06. The Kier molecular flexibility index (Phi) is 5.54. The van der Waals surface area contributed by atoms with Crippen LogP contribution in [0.4, 0.5) is 5.69 Å². The van der Waals surface area contributed by atoms with Gasteiger partial charge in [-0.1, -0.05) is 78.4 Å². The van der Waals surface area contributed by atoms with E-state index < -0.39 is 0 Å². The van der Waals surface area contributed by atoms with Gasteiger partial charge in [-0.15, -0.1) is 11.3 Å². The normalized spacial score (nSPS) is 10.7. The summed E-state index contributed by atoms with van der Waals surface area (Å²) in [6.07, 6.45) is 0.237. The Morgan fingerprint density at radius 2 is 1.55 bits per heavy atom. The summed E-state index contributed by atoms with van der Waals surface area (Å²) < 4.78 is 0. The van der Waals surface area contributed by atoms with E-state index in [0.29, 0.717) is 0 Å². The molecule has 1 amide bonds. The largest absolute Gasteiger partial charge is 0.326 e. The molecular formula is C25H22N2OS. The van der Waals surface area contributed by atoms with Crippen LogP contribution in [-0.2, 0) is 11.2 Å². The van der Waals surface area contributed by atoms with Crippen molar-refractivity contribution in [2.24, 2.45) is 0 Å². The average Bonchev–Trinajstić information content (AvgIpc) is 3.14. The molecule has 144 valence electrons. The fraction of sp³-hybridized carbons (Fsp3) is 0.120. The van der Waals surface area contributed by atoms with Crippen molar-refractivity contribution in [2.45, 2.75) is 20.3 Å². The summed E-state index contributed by atoms with van der Waals surface area (Å²) in [5.41, 5.74) is 6.06. The number of rotatable bonds is 5. The van der Waals surface area contributed by atoms with Crippen LogP contribution in [0.2, 0.25) is 0 Å². The fourth-order valence-electron chi connectivity index (χ4n) is 3.17. The first-order chi connectivity index (χ1) is 14.1. The first kappa shape index (κ1) is 19.1. The molecule has 3 aromatic carbocycles. The van der Waals surface area contributed by atoms with Crippen molar-refractivity contribution in [3.63, 3.8) is 0 Å². The molecule has 0 atom stereocenters. The summed E-state index contributed by atoms with van der Waals surface area (Å²) in [5, 5.41) is 3.95. The molecule has 0 saturated heterocycles. The maximum absolute atomic E-state index is 12.8. The van der Waals surface area contributed by atoms with Gasteiger partial charge in [0.1, 0.15) is 5.01 Å². The zero-order valence-electron chi connectivity index (χ0n) is 16.5. The Labute approximate surface area is 175 Å². The number of nitrogens with zero attached hydrogens (tertiary/aromatic N) is 1. The molecule has 4 rings (SSSR count). The van der Waals surface area contributed by atoms with Crippen LogP contribution in [-0.4, -0.2) is 10.9 Å². The van der Waals surface area contributed by atoms with Gasteiger partial charge < -0.3 is 5.32 Å². The molecule has 0 aliphatic rings. The van der Waals surface area contributed by atoms with Gasteiger partial charge in [-0.3, -0.25) is 4.79 Å². The minimum atomic E-state index is -0.0578. The maximum Gasteiger partial charge on any atom is 0.230 e. The molecule has 1 N–H and O–H groups in total. The number of aryl methyl sites for hydroxylation is 2. The molecule has 0 fully saturated rings. The van der Waals surface area contributed by atoms with E-state index in [-0.39, 0.29) is 12.3 Å². The lowest BCUT2D eigenvalue weighted by atomic mass is 10.1. The Morgan fingerprint density at radius 3 is 2.28 bits per heavy atom. The SMILES string of the molecule is Cc1ccc(-c2sc(-c3ccccc3)nc2CC(=O)Nc2ccccc2C)cc1. The van der Waals surface area contributed by atoms with E-state index >= 15 is 0 Å². The molecule has 0 unspecified atom stereocenters. The minimum Gasteiger partial charge on any atom is -0.326 e. The molecule has 0 bridgehead atoms. The lowest BCUT2D eigenvalue weighted by Crippen LogP contribution is -2.15. The molecule has 0 radical (unpaired) electrons. The molecule has 3 nitrogen and oxygen atoms in total. The van der Waals surface area contributed by atoms with Crippen LogP contribution in [0.15, 0.2) is 78.9 Å². The maximum atomic E-state index is 12.8. The highest BCUT2D eigenvalue weighted by atomic mass is 32.1. The first-order valence-corrected chi connectivity index (χ1v) is 10.4. The number of amides is 1. The molecule has 0 aliphatic heterocycles. The number of benzene rings is 3. The van der Waals surface area contributed by atoms with Gasteiger partial charge in [-0.05, 0) is 31.0 Å². The topological polar surface area (TPSA) is 42.0 Å². The van der Waals surface area contributed by atoms with Crippen LogP contribution in [0.3, 0.4) is 0 Å². The van der Waals surface area contributed by atoms with Crippen molar-refractivity contribution in [3.05, 3.63) is 95.7 Å². The van der Waals surface area contributed by atoms with E-state index in [1.807, 2.05) is 49.4 Å². The zero-order chi connectivity index (χ0) is 20.2. The molecule has 4 heteroatoms. The first-order valence-electron chi connectivity index (χ1n) is 9.58. The second-order valence-electron chi connectivity index (χ2n) is 7.07. The van der Waals surface area contributed by atoms with Gasteiger partial charge in [0.25, 0.3) is 0 Å². The summed E-state index contributed by atoms with van der Waals surface area (Å²) in [4.78, 5) is 18.7. The Morgan fingerprint density at radius 1 is 0.862 bits per heavy atom. The Hall–Kier alpha value is -3.24. The van der Waals surface area contributed by atoms with Gasteiger partial charge >= 0.3 is 0 Å². The predicted molar refractivity (Wildman–Crippen MR) is 121 cm³/mol. The molecule has 0 spiro atoms. The van der Waals surface area contributed by atoms with Gasteiger partial charge in [0.15, 0.2) is 0 Å². The highest BCUT2D eigenvalue weighted by Crippen LogP contribution is 2.36. The van der Waals surface area contributed by atoms with E-state index in [1.165, 1.54) is 5.56 Å². The second kappa shape index (κ2) is 8.41. The van der Waals surface area contributed by atoms with E-state index in [4.69, 9.17) is 4.98 Å². The average molecular weight is 399 g/mol. The number of thiazole rings is 1. The molecule has 4 aromatic rings. The van der Waals surface area contributed by atoms with Crippen molar-refractivity contribution in [2.75, 3.05) is 5.32 Å². The van der Waals surface area contributed by atoms with Crippen LogP contribution < -0.4 is 5.32 Å². The number of carbonyl (C=O) groups excluding carboxylic acids is 1. The molecule has 1 aromatic heterocycles. The molecule has 29 heavy (non-hydrogen) atoms. The number of hydrogen-bond acceptors (Lipinski definition) is 3. The number of hydrogen-bond donors (Lipinski definition) is 1. The fourth-order valence-corrected chi connectivity index (χ4v) is 4.26. The third-order valence-electron chi connectivity index (χ3n) is 4.78. The van der Waals surface area contributed by atoms with Gasteiger partial charge in [-0.25, -0.2) is 4.98 Å². The molecule has 0 saturated carbocycles. The minimum absolute atomic E-state index is 0.0578. The predicted octanol–water partition coefficient (Wildman–Crippen LogP) is 6.28. The van der Waals surface area contributed by atoms with Crippen molar-refractivity contribution in [3.8, 4) is 21.0 Å². The summed E-state index contributed by atoms with van der Waals surface area (Å²) in [6, 6.07) is 26.3. The number of nitrogens with one attached hydrogen (secondary N) is 1. The van der Waals surface area contributed by atoms with Crippen molar-refractivity contribution in [1.29, 1.82) is 0 Å². The van der Waals surface area contributed by atoms with Crippen molar-refractivity contribution < 1.29 is 4.79 Å². The lowest BCUT2D eigenvalue weighted by Gasteiger charge is -2.08. The highest BCUT2D eigenvalue weighted by Gasteiger charge is 2.17. The standard InChI is InChI=1S/C25H22N2OS/c1-17-12-14-19(15-13-17)24-22(27-25(29-24)20-9-4-3-5-10-20)16-23(28)26-21-11-7-6-8-18(21)2/h3-15H,16H2,1-2H3,(H,26,28). The molecular weight excluding hydrogens is 376 g/mol. The Bertz CT molecular complexity index is 1130. The number of anilines is 1. The zero-order valence-corrected chi connectivity index (χ0v) is 17.3. The van der Waals surface area contributed by atoms with Crippen molar-refractivity contribution >= 4 is 22.9 Å². The van der Waals surface area contributed by atoms with Gasteiger partial charge in [0.2, 0.25) is 5.91 Å². The van der Waals surface area contributed by atoms with Crippen LogP contribution in [0.5, 0.6) is 0 Å².